The molecule has 1 aliphatic rings. The monoisotopic (exact) mass is 529 g/mol. The molecule has 1 aliphatic heterocycles. The van der Waals surface area contributed by atoms with Gasteiger partial charge in [0.2, 0.25) is 0 Å². The van der Waals surface area contributed by atoms with Crippen molar-refractivity contribution in [2.45, 2.75) is 175 Å². The Kier molecular flexibility index (Phi) is 18.5. The van der Waals surface area contributed by atoms with Crippen molar-refractivity contribution in [3.8, 4) is 5.75 Å². The molecule has 0 amide bonds. The van der Waals surface area contributed by atoms with E-state index in [2.05, 4.69) is 50.0 Å². The molecule has 0 saturated heterocycles. The van der Waals surface area contributed by atoms with E-state index in [1.165, 1.54) is 145 Å². The zero-order chi connectivity index (χ0) is 27.3. The Labute approximate surface area is 237 Å². The molecule has 3 heteroatoms. The largest absolute Gasteiger partial charge is 0.468 e. The summed E-state index contributed by atoms with van der Waals surface area (Å²) in [6.07, 6.45) is 29.6. The van der Waals surface area contributed by atoms with E-state index in [0.29, 0.717) is 0 Å². The molecule has 0 aromatic heterocycles. The molecule has 0 spiro atoms. The third kappa shape index (κ3) is 12.6. The van der Waals surface area contributed by atoms with Crippen molar-refractivity contribution in [2.75, 3.05) is 23.3 Å². The number of nitrogens with one attached hydrogen (secondary N) is 1. The number of ether oxygens (including phenoxy) is 1. The van der Waals surface area contributed by atoms with Crippen molar-refractivity contribution in [3.63, 3.8) is 0 Å². The van der Waals surface area contributed by atoms with Gasteiger partial charge in [0.25, 0.3) is 0 Å². The van der Waals surface area contributed by atoms with Gasteiger partial charge in [0.1, 0.15) is 11.4 Å². The summed E-state index contributed by atoms with van der Waals surface area (Å²) < 4.78 is 6.70. The van der Waals surface area contributed by atoms with Gasteiger partial charge in [-0.05, 0) is 49.8 Å². The topological polar surface area (TPSA) is 24.5 Å². The molecule has 1 unspecified atom stereocenters. The molecular weight excluding hydrogens is 464 g/mol. The van der Waals surface area contributed by atoms with Crippen molar-refractivity contribution in [3.05, 3.63) is 17.7 Å². The van der Waals surface area contributed by atoms with Crippen LogP contribution in [0.4, 0.5) is 11.4 Å². The summed E-state index contributed by atoms with van der Waals surface area (Å²) in [5.74, 6) is 1.13. The molecule has 220 valence electrons. The van der Waals surface area contributed by atoms with Gasteiger partial charge in [-0.2, -0.15) is 0 Å². The number of fused-ring (bicyclic) bond motifs is 1. The molecule has 0 fully saturated rings. The number of hydrogen-bond donors (Lipinski definition) is 1. The van der Waals surface area contributed by atoms with Crippen molar-refractivity contribution < 1.29 is 4.74 Å². The van der Waals surface area contributed by atoms with Crippen LogP contribution in [0.1, 0.15) is 168 Å². The maximum Gasteiger partial charge on any atom is 0.172 e. The second-order valence-electron chi connectivity index (χ2n) is 11.9. The minimum absolute atomic E-state index is 0.208. The molecule has 0 bridgehead atoms. The first-order valence-electron chi connectivity index (χ1n) is 17.1. The van der Waals surface area contributed by atoms with E-state index >= 15 is 0 Å². The number of unbranched alkanes of at least 4 members (excludes halogenated alkanes) is 16. The van der Waals surface area contributed by atoms with Crippen LogP contribution in [0.15, 0.2) is 12.1 Å². The Morgan fingerprint density at radius 2 is 1.18 bits per heavy atom. The number of anilines is 2. The standard InChI is InChI=1S/C35H64N2O/c1-5-9-12-14-16-17-18-20-22-24-26-34-37(28-8-4)35-32(36-27-11-7-3)29-31(30-33(35)38-34)25-23-21-19-15-13-10-6-2/h29-30,34,36H,5-28H2,1-4H3. The highest BCUT2D eigenvalue weighted by molar-refractivity contribution is 5.80. The lowest BCUT2D eigenvalue weighted by Gasteiger charge is -2.26. The van der Waals surface area contributed by atoms with Gasteiger partial charge in [-0.3, -0.25) is 0 Å². The van der Waals surface area contributed by atoms with Gasteiger partial charge < -0.3 is 15.0 Å². The maximum absolute atomic E-state index is 6.70. The summed E-state index contributed by atoms with van der Waals surface area (Å²) >= 11 is 0. The normalized spacial score (nSPS) is 14.6. The fourth-order valence-corrected chi connectivity index (χ4v) is 5.89. The summed E-state index contributed by atoms with van der Waals surface area (Å²) in [5.41, 5.74) is 4.10. The van der Waals surface area contributed by atoms with Crippen LogP contribution in [0, 0.1) is 0 Å². The molecule has 0 radical (unpaired) electrons. The lowest BCUT2D eigenvalue weighted by Crippen LogP contribution is -2.35. The minimum Gasteiger partial charge on any atom is -0.468 e. The highest BCUT2D eigenvalue weighted by Gasteiger charge is 2.32. The smallest absolute Gasteiger partial charge is 0.172 e. The quantitative estimate of drug-likeness (QED) is 0.128. The zero-order valence-electron chi connectivity index (χ0n) is 26.1. The Morgan fingerprint density at radius 3 is 1.76 bits per heavy atom. The Bertz CT molecular complexity index is 703. The van der Waals surface area contributed by atoms with Crippen LogP contribution < -0.4 is 15.0 Å². The Morgan fingerprint density at radius 1 is 0.632 bits per heavy atom. The summed E-state index contributed by atoms with van der Waals surface area (Å²) in [5, 5.41) is 3.81. The number of rotatable bonds is 25. The lowest BCUT2D eigenvalue weighted by molar-refractivity contribution is 0.207. The maximum atomic E-state index is 6.70. The van der Waals surface area contributed by atoms with Crippen molar-refractivity contribution in [1.29, 1.82) is 0 Å². The molecule has 1 heterocycles. The number of nitrogens with zero attached hydrogens (tertiary/aromatic N) is 1. The van der Waals surface area contributed by atoms with Crippen LogP contribution in [0.5, 0.6) is 5.75 Å². The molecule has 1 N–H and O–H groups in total. The van der Waals surface area contributed by atoms with Gasteiger partial charge in [-0.1, -0.05) is 130 Å². The van der Waals surface area contributed by atoms with Crippen molar-refractivity contribution >= 4 is 11.4 Å². The molecule has 3 nitrogen and oxygen atoms in total. The third-order valence-electron chi connectivity index (χ3n) is 8.22. The lowest BCUT2D eigenvalue weighted by atomic mass is 10.0. The first-order valence-corrected chi connectivity index (χ1v) is 17.1. The van der Waals surface area contributed by atoms with Crippen LogP contribution >= 0.6 is 0 Å². The highest BCUT2D eigenvalue weighted by Crippen LogP contribution is 2.45. The SMILES string of the molecule is CCCCCCCCCCCCC1Oc2cc(CCCCCCCCC)cc(NCCCC)c2N1CCC. The fraction of sp³-hybridized carbons (Fsp3) is 0.829. The second kappa shape index (κ2) is 21.4. The van der Waals surface area contributed by atoms with E-state index in [1.54, 1.807) is 0 Å². The van der Waals surface area contributed by atoms with E-state index in [9.17, 15) is 0 Å². The summed E-state index contributed by atoms with van der Waals surface area (Å²) in [6.45, 7) is 11.3. The molecule has 0 aliphatic carbocycles. The summed E-state index contributed by atoms with van der Waals surface area (Å²) in [4.78, 5) is 2.58. The first kappa shape index (κ1) is 32.8. The van der Waals surface area contributed by atoms with Gasteiger partial charge in [-0.15, -0.1) is 0 Å². The molecule has 38 heavy (non-hydrogen) atoms. The molecule has 1 atom stereocenters. The fourth-order valence-electron chi connectivity index (χ4n) is 5.89. The van der Waals surface area contributed by atoms with Crippen molar-refractivity contribution in [1.82, 2.24) is 0 Å². The average molecular weight is 529 g/mol. The highest BCUT2D eigenvalue weighted by atomic mass is 16.5. The number of hydrogen-bond acceptors (Lipinski definition) is 3. The van der Waals surface area contributed by atoms with Crippen LogP contribution in [-0.4, -0.2) is 19.3 Å². The Hall–Kier alpha value is -1.38. The molecule has 2 rings (SSSR count). The molecule has 1 aromatic rings. The number of aryl methyl sites for hydroxylation is 1. The van der Waals surface area contributed by atoms with E-state index in [1.807, 2.05) is 0 Å². The minimum atomic E-state index is 0.208. The molecule has 0 saturated carbocycles. The zero-order valence-corrected chi connectivity index (χ0v) is 26.1. The van der Waals surface area contributed by atoms with E-state index < -0.39 is 0 Å². The van der Waals surface area contributed by atoms with Crippen LogP contribution in [0.3, 0.4) is 0 Å². The Balaban J connectivity index is 1.89. The van der Waals surface area contributed by atoms with Gasteiger partial charge >= 0.3 is 0 Å². The summed E-state index contributed by atoms with van der Waals surface area (Å²) in [7, 11) is 0. The molecular formula is C35H64N2O. The predicted octanol–water partition coefficient (Wildman–Crippen LogP) is 11.4. The van der Waals surface area contributed by atoms with Crippen LogP contribution in [0.25, 0.3) is 0 Å². The van der Waals surface area contributed by atoms with Crippen LogP contribution in [-0.2, 0) is 6.42 Å². The van der Waals surface area contributed by atoms with Crippen LogP contribution in [0.2, 0.25) is 0 Å². The number of benzene rings is 1. The van der Waals surface area contributed by atoms with Gasteiger partial charge in [0.15, 0.2) is 6.23 Å². The van der Waals surface area contributed by atoms with Gasteiger partial charge in [0.05, 0.1) is 5.69 Å². The van der Waals surface area contributed by atoms with E-state index in [4.69, 9.17) is 4.74 Å². The van der Waals surface area contributed by atoms with Gasteiger partial charge in [-0.25, -0.2) is 0 Å². The average Bonchev–Trinajstić information content (AvgIpc) is 3.26. The van der Waals surface area contributed by atoms with Gasteiger partial charge in [0, 0.05) is 19.5 Å². The van der Waals surface area contributed by atoms with E-state index in [0.717, 1.165) is 31.7 Å². The van der Waals surface area contributed by atoms with Crippen molar-refractivity contribution in [2.24, 2.45) is 0 Å². The van der Waals surface area contributed by atoms with E-state index in [-0.39, 0.29) is 6.23 Å². The predicted molar refractivity (Wildman–Crippen MR) is 170 cm³/mol. The third-order valence-corrected chi connectivity index (χ3v) is 8.22. The second-order valence-corrected chi connectivity index (χ2v) is 11.9. The molecule has 1 aromatic carbocycles. The first-order chi connectivity index (χ1) is 18.7. The summed E-state index contributed by atoms with van der Waals surface area (Å²) in [6, 6.07) is 4.82.